The molecule has 0 spiro atoms. The van der Waals surface area contributed by atoms with Crippen molar-refractivity contribution in [2.24, 2.45) is 11.0 Å². The quantitative estimate of drug-likeness (QED) is 0.595. The average molecular weight is 293 g/mol. The number of non-ortho nitro benzene ring substituents is 1. The summed E-state index contributed by atoms with van der Waals surface area (Å²) in [5.41, 5.74) is -0.281. The van der Waals surface area contributed by atoms with Crippen molar-refractivity contribution in [3.8, 4) is 0 Å². The topological polar surface area (TPSA) is 133 Å². The van der Waals surface area contributed by atoms with Crippen molar-refractivity contribution < 1.29 is 24.7 Å². The summed E-state index contributed by atoms with van der Waals surface area (Å²) in [4.78, 5) is 33.2. The van der Waals surface area contributed by atoms with Gasteiger partial charge in [0.2, 0.25) is 0 Å². The monoisotopic (exact) mass is 293 g/mol. The molecular formula is C12H11N3O6. The standard InChI is InChI=1S/C12H11N3O6/c16-6-5-9-10(12(18)19)13-14(11(9)17)7-1-3-8(4-2-7)15(20)21/h1-4,9,16H,5-6H2,(H,18,19). The van der Waals surface area contributed by atoms with E-state index < -0.39 is 22.7 Å². The van der Waals surface area contributed by atoms with Crippen LogP contribution in [-0.2, 0) is 9.59 Å². The first-order valence-electron chi connectivity index (χ1n) is 5.96. The fourth-order valence-electron chi connectivity index (χ4n) is 1.97. The molecule has 0 aromatic heterocycles. The zero-order valence-electron chi connectivity index (χ0n) is 10.7. The van der Waals surface area contributed by atoms with Crippen LogP contribution in [0.3, 0.4) is 0 Å². The number of hydrogen-bond donors (Lipinski definition) is 2. The van der Waals surface area contributed by atoms with E-state index in [1.165, 1.54) is 24.3 Å². The number of aliphatic carboxylic acids is 1. The Bertz CT molecular complexity index is 624. The minimum atomic E-state index is -1.34. The number of nitro benzene ring substituents is 1. The first-order chi connectivity index (χ1) is 9.95. The van der Waals surface area contributed by atoms with Gasteiger partial charge in [-0.15, -0.1) is 0 Å². The molecule has 0 saturated heterocycles. The minimum absolute atomic E-state index is 0.0482. The number of nitro groups is 1. The number of hydrogen-bond acceptors (Lipinski definition) is 6. The van der Waals surface area contributed by atoms with Gasteiger partial charge in [0, 0.05) is 18.7 Å². The molecule has 0 fully saturated rings. The smallest absolute Gasteiger partial charge is 0.352 e. The second-order valence-electron chi connectivity index (χ2n) is 4.28. The molecule has 1 heterocycles. The summed E-state index contributed by atoms with van der Waals surface area (Å²) < 4.78 is 0. The number of carboxylic acid groups (broad SMARTS) is 1. The van der Waals surface area contributed by atoms with Gasteiger partial charge in [-0.05, 0) is 18.6 Å². The third-order valence-electron chi connectivity index (χ3n) is 2.99. The number of carbonyl (C=O) groups is 2. The summed E-state index contributed by atoms with van der Waals surface area (Å²) in [6.45, 7) is -0.350. The Morgan fingerprint density at radius 3 is 2.48 bits per heavy atom. The predicted molar refractivity (Wildman–Crippen MR) is 70.8 cm³/mol. The molecular weight excluding hydrogens is 282 g/mol. The van der Waals surface area contributed by atoms with Gasteiger partial charge < -0.3 is 10.2 Å². The Morgan fingerprint density at radius 1 is 1.38 bits per heavy atom. The largest absolute Gasteiger partial charge is 0.477 e. The molecule has 1 atom stereocenters. The third-order valence-corrected chi connectivity index (χ3v) is 2.99. The van der Waals surface area contributed by atoms with E-state index in [9.17, 15) is 19.7 Å². The summed E-state index contributed by atoms with van der Waals surface area (Å²) in [7, 11) is 0. The number of aliphatic hydroxyl groups is 1. The van der Waals surface area contributed by atoms with E-state index in [1.54, 1.807) is 0 Å². The van der Waals surface area contributed by atoms with Crippen LogP contribution in [0.5, 0.6) is 0 Å². The van der Waals surface area contributed by atoms with Crippen molar-refractivity contribution >= 4 is 29.0 Å². The first kappa shape index (κ1) is 14.6. The van der Waals surface area contributed by atoms with Crippen molar-refractivity contribution in [1.29, 1.82) is 0 Å². The Hall–Kier alpha value is -2.81. The van der Waals surface area contributed by atoms with Gasteiger partial charge in [-0.3, -0.25) is 14.9 Å². The molecule has 0 bridgehead atoms. The van der Waals surface area contributed by atoms with Crippen molar-refractivity contribution in [3.63, 3.8) is 0 Å². The summed E-state index contributed by atoms with van der Waals surface area (Å²) in [6.07, 6.45) is -0.0482. The van der Waals surface area contributed by atoms with Gasteiger partial charge in [0.25, 0.3) is 11.6 Å². The van der Waals surface area contributed by atoms with Crippen LogP contribution in [0.4, 0.5) is 11.4 Å². The van der Waals surface area contributed by atoms with Gasteiger partial charge in [-0.2, -0.15) is 10.1 Å². The van der Waals surface area contributed by atoms with Gasteiger partial charge in [0.15, 0.2) is 5.71 Å². The van der Waals surface area contributed by atoms with Crippen LogP contribution < -0.4 is 5.01 Å². The fraction of sp³-hybridized carbons (Fsp3) is 0.250. The Labute approximate surface area is 118 Å². The highest BCUT2D eigenvalue weighted by Crippen LogP contribution is 2.27. The molecule has 1 amide bonds. The van der Waals surface area contributed by atoms with Crippen molar-refractivity contribution in [3.05, 3.63) is 34.4 Å². The summed E-state index contributed by atoms with van der Waals surface area (Å²) >= 11 is 0. The van der Waals surface area contributed by atoms with Gasteiger partial charge in [-0.25, -0.2) is 4.79 Å². The summed E-state index contributed by atoms with van der Waals surface area (Å²) in [5.74, 6) is -2.95. The number of amides is 1. The molecule has 2 N–H and O–H groups in total. The summed E-state index contributed by atoms with van der Waals surface area (Å²) in [5, 5.41) is 33.1. The maximum atomic E-state index is 12.1. The van der Waals surface area contributed by atoms with Crippen molar-refractivity contribution in [1.82, 2.24) is 0 Å². The van der Waals surface area contributed by atoms with Crippen LogP contribution in [0.2, 0.25) is 0 Å². The SMILES string of the molecule is O=C(O)C1=NN(c2ccc([N+](=O)[O-])cc2)C(=O)C1CCO. The maximum absolute atomic E-state index is 12.1. The molecule has 1 aliphatic heterocycles. The van der Waals surface area contributed by atoms with Gasteiger partial charge >= 0.3 is 5.97 Å². The molecule has 21 heavy (non-hydrogen) atoms. The van der Waals surface area contributed by atoms with E-state index in [4.69, 9.17) is 10.2 Å². The maximum Gasteiger partial charge on any atom is 0.352 e. The molecule has 1 unspecified atom stereocenters. The molecule has 0 radical (unpaired) electrons. The molecule has 9 heteroatoms. The molecule has 0 aliphatic carbocycles. The Kier molecular flexibility index (Phi) is 3.94. The molecule has 110 valence electrons. The molecule has 2 rings (SSSR count). The number of nitrogens with zero attached hydrogens (tertiary/aromatic N) is 3. The number of carboxylic acids is 1. The second-order valence-corrected chi connectivity index (χ2v) is 4.28. The second kappa shape index (κ2) is 5.67. The number of anilines is 1. The normalized spacial score (nSPS) is 17.8. The van der Waals surface area contributed by atoms with Gasteiger partial charge in [0.1, 0.15) is 0 Å². The summed E-state index contributed by atoms with van der Waals surface area (Å²) in [6, 6.07) is 5.00. The molecule has 1 aromatic rings. The van der Waals surface area contributed by atoms with Crippen LogP contribution in [0.15, 0.2) is 29.4 Å². The lowest BCUT2D eigenvalue weighted by molar-refractivity contribution is -0.384. The zero-order chi connectivity index (χ0) is 15.6. The number of rotatable bonds is 5. The van der Waals surface area contributed by atoms with Crippen LogP contribution >= 0.6 is 0 Å². The Balaban J connectivity index is 2.33. The van der Waals surface area contributed by atoms with Crippen molar-refractivity contribution in [2.45, 2.75) is 6.42 Å². The van der Waals surface area contributed by atoms with E-state index in [2.05, 4.69) is 5.10 Å². The minimum Gasteiger partial charge on any atom is -0.477 e. The lowest BCUT2D eigenvalue weighted by atomic mass is 10.00. The molecule has 9 nitrogen and oxygen atoms in total. The lowest BCUT2D eigenvalue weighted by Crippen LogP contribution is -2.30. The van der Waals surface area contributed by atoms with E-state index in [0.717, 1.165) is 5.01 Å². The molecule has 1 aliphatic rings. The highest BCUT2D eigenvalue weighted by molar-refractivity contribution is 6.43. The van der Waals surface area contributed by atoms with Crippen LogP contribution in [0, 0.1) is 16.0 Å². The molecule has 1 aromatic carbocycles. The third kappa shape index (κ3) is 2.72. The highest BCUT2D eigenvalue weighted by atomic mass is 16.6. The van der Waals surface area contributed by atoms with Gasteiger partial charge in [0.05, 0.1) is 16.5 Å². The predicted octanol–water partition coefficient (Wildman–Crippen LogP) is 0.381. The van der Waals surface area contributed by atoms with Crippen LogP contribution in [-0.4, -0.2) is 39.3 Å². The lowest BCUT2D eigenvalue weighted by Gasteiger charge is -2.13. The van der Waals surface area contributed by atoms with Gasteiger partial charge in [-0.1, -0.05) is 0 Å². The number of benzene rings is 1. The number of carbonyl (C=O) groups excluding carboxylic acids is 1. The molecule has 0 saturated carbocycles. The van der Waals surface area contributed by atoms with E-state index >= 15 is 0 Å². The number of aliphatic hydroxyl groups excluding tert-OH is 1. The number of hydrazone groups is 1. The van der Waals surface area contributed by atoms with Crippen molar-refractivity contribution in [2.75, 3.05) is 11.6 Å². The Morgan fingerprint density at radius 2 is 2.00 bits per heavy atom. The highest BCUT2D eigenvalue weighted by Gasteiger charge is 2.39. The van der Waals surface area contributed by atoms with E-state index in [0.29, 0.717) is 0 Å². The fourth-order valence-corrected chi connectivity index (χ4v) is 1.97. The average Bonchev–Trinajstić information content (AvgIpc) is 2.77. The zero-order valence-corrected chi connectivity index (χ0v) is 10.7. The van der Waals surface area contributed by atoms with E-state index in [1.807, 2.05) is 0 Å². The van der Waals surface area contributed by atoms with E-state index in [-0.39, 0.29) is 30.1 Å². The van der Waals surface area contributed by atoms with Crippen LogP contribution in [0.25, 0.3) is 0 Å². The van der Waals surface area contributed by atoms with Crippen LogP contribution in [0.1, 0.15) is 6.42 Å². The first-order valence-corrected chi connectivity index (χ1v) is 5.96.